The van der Waals surface area contributed by atoms with Gasteiger partial charge in [0.25, 0.3) is 0 Å². The molecule has 1 N–H and O–H groups in total. The summed E-state index contributed by atoms with van der Waals surface area (Å²) in [4.78, 5) is 15.7. The SMILES string of the molecule is CC1CCCC1Cn1cnc2cccc(C(=O)O)c21. The van der Waals surface area contributed by atoms with Gasteiger partial charge in [-0.05, 0) is 30.4 Å². The van der Waals surface area contributed by atoms with Gasteiger partial charge in [-0.25, -0.2) is 9.78 Å². The van der Waals surface area contributed by atoms with E-state index in [2.05, 4.69) is 11.9 Å². The van der Waals surface area contributed by atoms with Crippen molar-refractivity contribution in [1.82, 2.24) is 9.55 Å². The van der Waals surface area contributed by atoms with Crippen LogP contribution in [-0.2, 0) is 6.54 Å². The maximum absolute atomic E-state index is 11.3. The van der Waals surface area contributed by atoms with Crippen LogP contribution in [0.25, 0.3) is 11.0 Å². The van der Waals surface area contributed by atoms with E-state index >= 15 is 0 Å². The molecule has 0 bridgehead atoms. The number of carbonyl (C=O) groups is 1. The van der Waals surface area contributed by atoms with Crippen LogP contribution in [0.2, 0.25) is 0 Å². The zero-order valence-corrected chi connectivity index (χ0v) is 11.0. The van der Waals surface area contributed by atoms with Gasteiger partial charge < -0.3 is 9.67 Å². The topological polar surface area (TPSA) is 55.1 Å². The molecule has 2 aromatic rings. The highest BCUT2D eigenvalue weighted by atomic mass is 16.4. The van der Waals surface area contributed by atoms with Gasteiger partial charge in [0, 0.05) is 6.54 Å². The Balaban J connectivity index is 2.01. The van der Waals surface area contributed by atoms with Gasteiger partial charge in [0.05, 0.1) is 22.9 Å². The minimum absolute atomic E-state index is 0.348. The second-order valence-electron chi connectivity index (χ2n) is 5.54. The number of para-hydroxylation sites is 1. The quantitative estimate of drug-likeness (QED) is 0.920. The molecule has 2 atom stereocenters. The molecule has 3 rings (SSSR count). The summed E-state index contributed by atoms with van der Waals surface area (Å²) in [5.74, 6) is 0.473. The molecule has 0 spiro atoms. The molecule has 1 aliphatic carbocycles. The predicted octanol–water partition coefficient (Wildman–Crippen LogP) is 3.17. The summed E-state index contributed by atoms with van der Waals surface area (Å²) in [5.41, 5.74) is 1.88. The maximum atomic E-state index is 11.3. The molecule has 2 unspecified atom stereocenters. The van der Waals surface area contributed by atoms with Crippen molar-refractivity contribution in [2.45, 2.75) is 32.7 Å². The molecule has 1 heterocycles. The predicted molar refractivity (Wildman–Crippen MR) is 73.2 cm³/mol. The number of carboxylic acid groups (broad SMARTS) is 1. The second-order valence-corrected chi connectivity index (χ2v) is 5.54. The number of aromatic nitrogens is 2. The van der Waals surface area contributed by atoms with E-state index in [1.165, 1.54) is 19.3 Å². The molecule has 1 fully saturated rings. The van der Waals surface area contributed by atoms with Crippen molar-refractivity contribution >= 4 is 17.0 Å². The maximum Gasteiger partial charge on any atom is 0.337 e. The van der Waals surface area contributed by atoms with Crippen LogP contribution in [0.15, 0.2) is 24.5 Å². The molecule has 0 saturated heterocycles. The van der Waals surface area contributed by atoms with Crippen molar-refractivity contribution in [3.8, 4) is 0 Å². The smallest absolute Gasteiger partial charge is 0.337 e. The Morgan fingerprint density at radius 3 is 3.00 bits per heavy atom. The number of nitrogens with zero attached hydrogens (tertiary/aromatic N) is 2. The summed E-state index contributed by atoms with van der Waals surface area (Å²) in [5, 5.41) is 9.30. The molecule has 4 nitrogen and oxygen atoms in total. The van der Waals surface area contributed by atoms with E-state index in [0.29, 0.717) is 11.5 Å². The van der Waals surface area contributed by atoms with Crippen molar-refractivity contribution in [3.63, 3.8) is 0 Å². The molecule has 0 aliphatic heterocycles. The highest BCUT2D eigenvalue weighted by Gasteiger charge is 2.24. The highest BCUT2D eigenvalue weighted by Crippen LogP contribution is 2.33. The molecule has 0 radical (unpaired) electrons. The Hall–Kier alpha value is -1.84. The lowest BCUT2D eigenvalue weighted by Crippen LogP contribution is -2.13. The second kappa shape index (κ2) is 4.68. The van der Waals surface area contributed by atoms with E-state index in [0.717, 1.165) is 23.5 Å². The number of benzene rings is 1. The summed E-state index contributed by atoms with van der Waals surface area (Å²) in [6.07, 6.45) is 5.57. The van der Waals surface area contributed by atoms with Crippen molar-refractivity contribution < 1.29 is 9.90 Å². The third kappa shape index (κ3) is 2.11. The molecule has 19 heavy (non-hydrogen) atoms. The van der Waals surface area contributed by atoms with Crippen LogP contribution in [0.5, 0.6) is 0 Å². The fourth-order valence-corrected chi connectivity index (χ4v) is 3.18. The third-order valence-electron chi connectivity index (χ3n) is 4.34. The van der Waals surface area contributed by atoms with Gasteiger partial charge in [-0.1, -0.05) is 25.8 Å². The summed E-state index contributed by atoms with van der Waals surface area (Å²) < 4.78 is 2.02. The first-order chi connectivity index (χ1) is 9.16. The van der Waals surface area contributed by atoms with Crippen LogP contribution in [0, 0.1) is 11.8 Å². The lowest BCUT2D eigenvalue weighted by molar-refractivity contribution is 0.0698. The van der Waals surface area contributed by atoms with Crippen LogP contribution >= 0.6 is 0 Å². The Kier molecular flexibility index (Phi) is 3.01. The number of hydrogen-bond acceptors (Lipinski definition) is 2. The summed E-state index contributed by atoms with van der Waals surface area (Å²) in [7, 11) is 0. The molecule has 0 amide bonds. The van der Waals surface area contributed by atoms with E-state index in [1.807, 2.05) is 10.6 Å². The third-order valence-corrected chi connectivity index (χ3v) is 4.34. The highest BCUT2D eigenvalue weighted by molar-refractivity contribution is 6.01. The van der Waals surface area contributed by atoms with Gasteiger partial charge in [0.1, 0.15) is 0 Å². The molecular weight excluding hydrogens is 240 g/mol. The van der Waals surface area contributed by atoms with E-state index in [1.54, 1.807) is 18.5 Å². The first-order valence-corrected chi connectivity index (χ1v) is 6.84. The fourth-order valence-electron chi connectivity index (χ4n) is 3.18. The summed E-state index contributed by atoms with van der Waals surface area (Å²) in [6.45, 7) is 3.16. The number of aromatic carboxylic acids is 1. The van der Waals surface area contributed by atoms with E-state index in [-0.39, 0.29) is 0 Å². The monoisotopic (exact) mass is 258 g/mol. The van der Waals surface area contributed by atoms with Crippen LogP contribution in [0.3, 0.4) is 0 Å². The van der Waals surface area contributed by atoms with Crippen LogP contribution in [0.1, 0.15) is 36.5 Å². The lowest BCUT2D eigenvalue weighted by atomic mass is 9.98. The Morgan fingerprint density at radius 1 is 1.47 bits per heavy atom. The zero-order valence-electron chi connectivity index (χ0n) is 11.0. The van der Waals surface area contributed by atoms with Gasteiger partial charge in [0.2, 0.25) is 0 Å². The van der Waals surface area contributed by atoms with Crippen molar-refractivity contribution in [1.29, 1.82) is 0 Å². The zero-order chi connectivity index (χ0) is 13.4. The average molecular weight is 258 g/mol. The molecular formula is C15H18N2O2. The van der Waals surface area contributed by atoms with Crippen molar-refractivity contribution in [2.24, 2.45) is 11.8 Å². The Bertz CT molecular complexity index is 618. The first-order valence-electron chi connectivity index (χ1n) is 6.84. The number of fused-ring (bicyclic) bond motifs is 1. The van der Waals surface area contributed by atoms with Gasteiger partial charge in [-0.3, -0.25) is 0 Å². The van der Waals surface area contributed by atoms with Crippen LogP contribution in [0.4, 0.5) is 0 Å². The van der Waals surface area contributed by atoms with Crippen molar-refractivity contribution in [2.75, 3.05) is 0 Å². The largest absolute Gasteiger partial charge is 0.478 e. The molecule has 1 saturated carbocycles. The summed E-state index contributed by atoms with van der Waals surface area (Å²) >= 11 is 0. The lowest BCUT2D eigenvalue weighted by Gasteiger charge is -2.16. The number of carboxylic acids is 1. The average Bonchev–Trinajstić information content (AvgIpc) is 2.97. The van der Waals surface area contributed by atoms with Crippen molar-refractivity contribution in [3.05, 3.63) is 30.1 Å². The molecule has 1 aromatic heterocycles. The normalized spacial score (nSPS) is 23.0. The number of hydrogen-bond donors (Lipinski definition) is 1. The van der Waals surface area contributed by atoms with Crippen LogP contribution in [-0.4, -0.2) is 20.6 Å². The number of imidazole rings is 1. The summed E-state index contributed by atoms with van der Waals surface area (Å²) in [6, 6.07) is 5.28. The van der Waals surface area contributed by atoms with E-state index in [9.17, 15) is 9.90 Å². The Labute approximate surface area is 112 Å². The van der Waals surface area contributed by atoms with Gasteiger partial charge in [-0.15, -0.1) is 0 Å². The van der Waals surface area contributed by atoms with Crippen LogP contribution < -0.4 is 0 Å². The number of rotatable bonds is 3. The van der Waals surface area contributed by atoms with E-state index in [4.69, 9.17) is 0 Å². The van der Waals surface area contributed by atoms with Gasteiger partial charge in [0.15, 0.2) is 0 Å². The molecule has 100 valence electrons. The Morgan fingerprint density at radius 2 is 2.32 bits per heavy atom. The van der Waals surface area contributed by atoms with E-state index < -0.39 is 5.97 Å². The van der Waals surface area contributed by atoms with Gasteiger partial charge in [-0.2, -0.15) is 0 Å². The molecule has 1 aliphatic rings. The fraction of sp³-hybridized carbons (Fsp3) is 0.467. The standard InChI is InChI=1S/C15H18N2O2/c1-10-4-2-5-11(10)8-17-9-16-13-7-3-6-12(14(13)17)15(18)19/h3,6-7,9-11H,2,4-5,8H2,1H3,(H,18,19). The molecule has 1 aromatic carbocycles. The minimum Gasteiger partial charge on any atom is -0.478 e. The molecule has 4 heteroatoms. The minimum atomic E-state index is -0.883. The first kappa shape index (κ1) is 12.2. The van der Waals surface area contributed by atoms with Gasteiger partial charge >= 0.3 is 5.97 Å².